The molecule has 0 unspecified atom stereocenters. The fourth-order valence-corrected chi connectivity index (χ4v) is 2.12. The summed E-state index contributed by atoms with van der Waals surface area (Å²) in [5, 5.41) is 18.3. The van der Waals surface area contributed by atoms with Gasteiger partial charge in [-0.05, 0) is 36.6 Å². The van der Waals surface area contributed by atoms with Crippen molar-refractivity contribution in [1.29, 1.82) is 10.5 Å². The Morgan fingerprint density at radius 2 is 1.38 bits per heavy atom. The smallest absolute Gasteiger partial charge is 0.197 e. The van der Waals surface area contributed by atoms with E-state index < -0.39 is 35.3 Å². The Bertz CT molecular complexity index is 642. The van der Waals surface area contributed by atoms with E-state index in [1.807, 2.05) is 0 Å². The second-order valence-corrected chi connectivity index (χ2v) is 5.22. The Hall–Kier alpha value is -2.48. The summed E-state index contributed by atoms with van der Waals surface area (Å²) < 4.78 is 76.9. The third-order valence-corrected chi connectivity index (χ3v) is 3.36. The molecule has 0 fully saturated rings. The first-order valence-electron chi connectivity index (χ1n) is 6.69. The summed E-state index contributed by atoms with van der Waals surface area (Å²) in [6.07, 6.45) is -8.89. The predicted octanol–water partition coefficient (Wildman–Crippen LogP) is 5.27. The van der Waals surface area contributed by atoms with Crippen LogP contribution in [-0.2, 0) is 18.8 Å². The van der Waals surface area contributed by atoms with Crippen molar-refractivity contribution in [3.8, 4) is 12.1 Å². The van der Waals surface area contributed by atoms with E-state index in [0.717, 1.165) is 0 Å². The molecule has 128 valence electrons. The largest absolute Gasteiger partial charge is 0.416 e. The van der Waals surface area contributed by atoms with Crippen LogP contribution in [0.25, 0.3) is 0 Å². The van der Waals surface area contributed by atoms with Gasteiger partial charge in [0.25, 0.3) is 0 Å². The first kappa shape index (κ1) is 19.6. The van der Waals surface area contributed by atoms with Gasteiger partial charge in [0.15, 0.2) is 0 Å². The number of nitriles is 2. The quantitative estimate of drug-likeness (QED) is 0.539. The number of halogens is 6. The molecule has 0 aliphatic rings. The second kappa shape index (κ2) is 6.96. The molecular weight excluding hydrogens is 334 g/mol. The fourth-order valence-electron chi connectivity index (χ4n) is 2.12. The lowest BCUT2D eigenvalue weighted by atomic mass is 9.80. The Morgan fingerprint density at radius 1 is 0.917 bits per heavy atom. The molecule has 0 aromatic heterocycles. The van der Waals surface area contributed by atoms with Crippen molar-refractivity contribution < 1.29 is 26.3 Å². The van der Waals surface area contributed by atoms with Crippen LogP contribution in [0, 0.1) is 28.1 Å². The zero-order valence-corrected chi connectivity index (χ0v) is 12.3. The molecule has 1 aromatic rings. The summed E-state index contributed by atoms with van der Waals surface area (Å²) >= 11 is 0. The first-order chi connectivity index (χ1) is 11.0. The third kappa shape index (κ3) is 4.76. The van der Waals surface area contributed by atoms with Crippen LogP contribution in [0.2, 0.25) is 0 Å². The number of alkyl halides is 6. The normalized spacial score (nSPS) is 12.3. The lowest BCUT2D eigenvalue weighted by molar-refractivity contribution is -0.143. The monoisotopic (exact) mass is 346 g/mol. The maximum absolute atomic E-state index is 12.8. The average Bonchev–Trinajstić information content (AvgIpc) is 2.49. The molecule has 0 saturated carbocycles. The van der Waals surface area contributed by atoms with E-state index >= 15 is 0 Å². The van der Waals surface area contributed by atoms with Crippen molar-refractivity contribution in [1.82, 2.24) is 0 Å². The fraction of sp³-hybridized carbons (Fsp3) is 0.375. The van der Waals surface area contributed by atoms with Crippen molar-refractivity contribution in [3.05, 3.63) is 47.5 Å². The SMILES string of the molecule is C=CCCC(C#N)(C#N)Cc1cc(C(F)(F)F)cc(C(F)(F)F)c1. The number of allylic oxidation sites excluding steroid dienone is 1. The summed E-state index contributed by atoms with van der Waals surface area (Å²) in [6, 6.07) is 4.46. The number of hydrogen-bond acceptors (Lipinski definition) is 2. The van der Waals surface area contributed by atoms with Gasteiger partial charge in [-0.15, -0.1) is 6.58 Å². The maximum atomic E-state index is 12.8. The predicted molar refractivity (Wildman–Crippen MR) is 73.2 cm³/mol. The first-order valence-corrected chi connectivity index (χ1v) is 6.69. The van der Waals surface area contributed by atoms with Gasteiger partial charge in [-0.25, -0.2) is 0 Å². The van der Waals surface area contributed by atoms with Gasteiger partial charge < -0.3 is 0 Å². The Kier molecular flexibility index (Phi) is 5.67. The molecule has 0 aliphatic heterocycles. The molecule has 2 nitrogen and oxygen atoms in total. The Morgan fingerprint density at radius 3 is 1.71 bits per heavy atom. The van der Waals surface area contributed by atoms with E-state index in [0.29, 0.717) is 12.1 Å². The van der Waals surface area contributed by atoms with Gasteiger partial charge in [-0.2, -0.15) is 36.9 Å². The van der Waals surface area contributed by atoms with Crippen LogP contribution in [-0.4, -0.2) is 0 Å². The van der Waals surface area contributed by atoms with Crippen LogP contribution in [0.15, 0.2) is 30.9 Å². The molecule has 1 rings (SSSR count). The minimum absolute atomic E-state index is 0.00761. The topological polar surface area (TPSA) is 47.6 Å². The maximum Gasteiger partial charge on any atom is 0.416 e. The van der Waals surface area contributed by atoms with Crippen LogP contribution in [0.1, 0.15) is 29.5 Å². The van der Waals surface area contributed by atoms with Gasteiger partial charge in [0.2, 0.25) is 0 Å². The average molecular weight is 346 g/mol. The van der Waals surface area contributed by atoms with Gasteiger partial charge in [0.1, 0.15) is 5.41 Å². The standard InChI is InChI=1S/C16H12F6N2/c1-2-3-4-14(9-23,10-24)8-11-5-12(15(17,18)19)7-13(6-11)16(20,21)22/h2,5-7H,1,3-4,8H2. The highest BCUT2D eigenvalue weighted by Gasteiger charge is 2.38. The van der Waals surface area contributed by atoms with Gasteiger partial charge >= 0.3 is 12.4 Å². The number of nitrogens with zero attached hydrogens (tertiary/aromatic N) is 2. The van der Waals surface area contributed by atoms with Crippen LogP contribution < -0.4 is 0 Å². The molecule has 0 bridgehead atoms. The van der Waals surface area contributed by atoms with Crippen molar-refractivity contribution in [2.45, 2.75) is 31.6 Å². The van der Waals surface area contributed by atoms with Gasteiger partial charge in [0.05, 0.1) is 23.3 Å². The molecule has 8 heteroatoms. The summed E-state index contributed by atoms with van der Waals surface area (Å²) in [5.41, 5.74) is -5.03. The van der Waals surface area contributed by atoms with E-state index in [2.05, 4.69) is 6.58 Å². The minimum atomic E-state index is -4.97. The molecule has 0 heterocycles. The number of benzene rings is 1. The molecule has 1 aromatic carbocycles. The van der Waals surface area contributed by atoms with E-state index in [1.54, 1.807) is 12.1 Å². The summed E-state index contributed by atoms with van der Waals surface area (Å²) in [5.74, 6) is 0. The molecule has 0 spiro atoms. The van der Waals surface area contributed by atoms with E-state index in [4.69, 9.17) is 0 Å². The number of rotatable bonds is 5. The third-order valence-electron chi connectivity index (χ3n) is 3.36. The van der Waals surface area contributed by atoms with Crippen molar-refractivity contribution in [2.75, 3.05) is 0 Å². The summed E-state index contributed by atoms with van der Waals surface area (Å²) in [6.45, 7) is 3.42. The zero-order chi connectivity index (χ0) is 18.6. The molecular formula is C16H12F6N2. The lowest BCUT2D eigenvalue weighted by Crippen LogP contribution is -2.21. The van der Waals surface area contributed by atoms with E-state index in [9.17, 15) is 36.9 Å². The van der Waals surface area contributed by atoms with Gasteiger partial charge in [-0.1, -0.05) is 6.08 Å². The lowest BCUT2D eigenvalue weighted by Gasteiger charge is -2.20. The Labute approximate surface area is 134 Å². The van der Waals surface area contributed by atoms with Crippen molar-refractivity contribution in [3.63, 3.8) is 0 Å². The highest BCUT2D eigenvalue weighted by Crippen LogP contribution is 2.38. The van der Waals surface area contributed by atoms with E-state index in [-0.39, 0.29) is 24.5 Å². The molecule has 0 aliphatic carbocycles. The number of hydrogen-bond donors (Lipinski definition) is 0. The van der Waals surface area contributed by atoms with Crippen LogP contribution in [0.4, 0.5) is 26.3 Å². The molecule has 0 radical (unpaired) electrons. The highest BCUT2D eigenvalue weighted by atomic mass is 19.4. The Balaban J connectivity index is 3.40. The van der Waals surface area contributed by atoms with Crippen LogP contribution in [0.3, 0.4) is 0 Å². The van der Waals surface area contributed by atoms with Gasteiger partial charge in [0, 0.05) is 6.42 Å². The molecule has 0 saturated heterocycles. The van der Waals surface area contributed by atoms with Crippen LogP contribution >= 0.6 is 0 Å². The second-order valence-electron chi connectivity index (χ2n) is 5.22. The molecule has 24 heavy (non-hydrogen) atoms. The highest BCUT2D eigenvalue weighted by molar-refractivity contribution is 5.36. The van der Waals surface area contributed by atoms with Gasteiger partial charge in [-0.3, -0.25) is 0 Å². The zero-order valence-electron chi connectivity index (χ0n) is 12.3. The summed E-state index contributed by atoms with van der Waals surface area (Å²) in [7, 11) is 0. The van der Waals surface area contributed by atoms with Crippen LogP contribution in [0.5, 0.6) is 0 Å². The van der Waals surface area contributed by atoms with Crippen molar-refractivity contribution >= 4 is 0 Å². The van der Waals surface area contributed by atoms with E-state index in [1.165, 1.54) is 6.08 Å². The molecule has 0 amide bonds. The minimum Gasteiger partial charge on any atom is -0.197 e. The molecule has 0 N–H and O–H groups in total. The molecule has 0 atom stereocenters. The summed E-state index contributed by atoms with van der Waals surface area (Å²) in [4.78, 5) is 0. The van der Waals surface area contributed by atoms with Crippen molar-refractivity contribution in [2.24, 2.45) is 5.41 Å².